The SMILES string of the molecule is CC(C)(C)OC(=O)N1CCN(C(=O)CCc2nc(-c3ccncc3)no2)CC1. The van der Waals surface area contributed by atoms with E-state index >= 15 is 0 Å². The van der Waals surface area contributed by atoms with Gasteiger partial charge >= 0.3 is 6.09 Å². The summed E-state index contributed by atoms with van der Waals surface area (Å²) in [5.41, 5.74) is 0.290. The molecule has 1 fully saturated rings. The van der Waals surface area contributed by atoms with Crippen LogP contribution >= 0.6 is 0 Å². The van der Waals surface area contributed by atoms with Gasteiger partial charge in [0, 0.05) is 57.0 Å². The number of aryl methyl sites for hydroxylation is 1. The Morgan fingerprint density at radius 2 is 1.75 bits per heavy atom. The zero-order chi connectivity index (χ0) is 20.1. The minimum Gasteiger partial charge on any atom is -0.444 e. The number of piperazine rings is 1. The smallest absolute Gasteiger partial charge is 0.410 e. The molecule has 0 N–H and O–H groups in total. The fourth-order valence-corrected chi connectivity index (χ4v) is 2.81. The number of amides is 2. The van der Waals surface area contributed by atoms with Gasteiger partial charge in [-0.15, -0.1) is 0 Å². The van der Waals surface area contributed by atoms with Gasteiger partial charge in [-0.2, -0.15) is 4.98 Å². The Balaban J connectivity index is 1.45. The summed E-state index contributed by atoms with van der Waals surface area (Å²) >= 11 is 0. The number of hydrogen-bond acceptors (Lipinski definition) is 7. The van der Waals surface area contributed by atoms with E-state index in [1.807, 2.05) is 20.8 Å². The van der Waals surface area contributed by atoms with Crippen LogP contribution in [0.4, 0.5) is 4.79 Å². The molecular formula is C19H25N5O4. The van der Waals surface area contributed by atoms with E-state index in [2.05, 4.69) is 15.1 Å². The van der Waals surface area contributed by atoms with Crippen molar-refractivity contribution in [1.29, 1.82) is 0 Å². The molecule has 0 bridgehead atoms. The molecule has 1 aliphatic rings. The van der Waals surface area contributed by atoms with Gasteiger partial charge in [0.05, 0.1) is 0 Å². The standard InChI is InChI=1S/C19H25N5O4/c1-19(2,3)27-18(26)24-12-10-23(11-13-24)16(25)5-4-15-21-17(22-28-15)14-6-8-20-9-7-14/h6-9H,4-5,10-13H2,1-3H3. The molecule has 9 heteroatoms. The molecule has 0 atom stereocenters. The molecule has 3 heterocycles. The number of rotatable bonds is 4. The summed E-state index contributed by atoms with van der Waals surface area (Å²) in [6.45, 7) is 7.42. The molecule has 28 heavy (non-hydrogen) atoms. The lowest BCUT2D eigenvalue weighted by Gasteiger charge is -2.35. The molecule has 0 unspecified atom stereocenters. The Morgan fingerprint density at radius 3 is 2.39 bits per heavy atom. The minimum atomic E-state index is -0.525. The largest absolute Gasteiger partial charge is 0.444 e. The quantitative estimate of drug-likeness (QED) is 0.792. The Labute approximate surface area is 163 Å². The van der Waals surface area contributed by atoms with Crippen molar-refractivity contribution >= 4 is 12.0 Å². The molecule has 0 spiro atoms. The summed E-state index contributed by atoms with van der Waals surface area (Å²) in [6, 6.07) is 3.59. The van der Waals surface area contributed by atoms with Gasteiger partial charge in [-0.25, -0.2) is 4.79 Å². The molecule has 0 aromatic carbocycles. The molecule has 2 amide bonds. The van der Waals surface area contributed by atoms with Crippen LogP contribution < -0.4 is 0 Å². The number of nitrogens with zero attached hydrogens (tertiary/aromatic N) is 5. The van der Waals surface area contributed by atoms with E-state index in [0.29, 0.717) is 44.3 Å². The van der Waals surface area contributed by atoms with Crippen LogP contribution in [0, 0.1) is 0 Å². The fraction of sp³-hybridized carbons (Fsp3) is 0.526. The van der Waals surface area contributed by atoms with Gasteiger partial charge in [0.25, 0.3) is 0 Å². The average Bonchev–Trinajstić information content (AvgIpc) is 3.15. The monoisotopic (exact) mass is 387 g/mol. The highest BCUT2D eigenvalue weighted by molar-refractivity contribution is 5.77. The second kappa shape index (κ2) is 8.37. The summed E-state index contributed by atoms with van der Waals surface area (Å²) in [5, 5.41) is 3.94. The number of aromatic nitrogens is 3. The summed E-state index contributed by atoms with van der Waals surface area (Å²) in [4.78, 5) is 36.2. The van der Waals surface area contributed by atoms with Crippen molar-refractivity contribution in [3.05, 3.63) is 30.4 Å². The third-order valence-corrected chi connectivity index (χ3v) is 4.24. The van der Waals surface area contributed by atoms with Gasteiger partial charge in [0.15, 0.2) is 0 Å². The van der Waals surface area contributed by atoms with E-state index < -0.39 is 5.60 Å². The van der Waals surface area contributed by atoms with Crippen LogP contribution in [-0.2, 0) is 16.0 Å². The molecule has 2 aromatic heterocycles. The topological polar surface area (TPSA) is 102 Å². The van der Waals surface area contributed by atoms with Crippen molar-refractivity contribution in [3.63, 3.8) is 0 Å². The first-order valence-corrected chi connectivity index (χ1v) is 9.30. The van der Waals surface area contributed by atoms with Crippen LogP contribution in [-0.4, -0.2) is 68.7 Å². The summed E-state index contributed by atoms with van der Waals surface area (Å²) in [6.07, 6.45) is 3.64. The number of pyridine rings is 1. The summed E-state index contributed by atoms with van der Waals surface area (Å²) < 4.78 is 10.6. The lowest BCUT2D eigenvalue weighted by atomic mass is 10.2. The van der Waals surface area contributed by atoms with Crippen molar-refractivity contribution in [2.24, 2.45) is 0 Å². The molecule has 2 aromatic rings. The number of carbonyl (C=O) groups is 2. The van der Waals surface area contributed by atoms with Crippen molar-refractivity contribution in [2.75, 3.05) is 26.2 Å². The van der Waals surface area contributed by atoms with Crippen LogP contribution in [0.2, 0.25) is 0 Å². The molecule has 9 nitrogen and oxygen atoms in total. The Morgan fingerprint density at radius 1 is 1.11 bits per heavy atom. The van der Waals surface area contributed by atoms with E-state index in [4.69, 9.17) is 9.26 Å². The van der Waals surface area contributed by atoms with Gasteiger partial charge in [0.2, 0.25) is 17.6 Å². The van der Waals surface area contributed by atoms with E-state index in [1.165, 1.54) is 0 Å². The van der Waals surface area contributed by atoms with Gasteiger partial charge < -0.3 is 19.1 Å². The van der Waals surface area contributed by atoms with E-state index in [-0.39, 0.29) is 18.4 Å². The zero-order valence-corrected chi connectivity index (χ0v) is 16.4. The van der Waals surface area contributed by atoms with E-state index in [9.17, 15) is 9.59 Å². The van der Waals surface area contributed by atoms with Crippen molar-refractivity contribution in [3.8, 4) is 11.4 Å². The fourth-order valence-electron chi connectivity index (χ4n) is 2.81. The third-order valence-electron chi connectivity index (χ3n) is 4.24. The average molecular weight is 387 g/mol. The molecule has 0 aliphatic carbocycles. The van der Waals surface area contributed by atoms with Crippen LogP contribution in [0.1, 0.15) is 33.1 Å². The second-order valence-corrected chi connectivity index (χ2v) is 7.60. The molecule has 150 valence electrons. The first-order valence-electron chi connectivity index (χ1n) is 9.30. The summed E-state index contributed by atoms with van der Waals surface area (Å²) in [5.74, 6) is 0.913. The number of ether oxygens (including phenoxy) is 1. The van der Waals surface area contributed by atoms with Crippen molar-refractivity contribution in [2.45, 2.75) is 39.2 Å². The number of hydrogen-bond donors (Lipinski definition) is 0. The van der Waals surface area contributed by atoms with Gasteiger partial charge in [-0.1, -0.05) is 5.16 Å². The maximum absolute atomic E-state index is 12.4. The molecule has 0 saturated carbocycles. The van der Waals surface area contributed by atoms with Crippen LogP contribution in [0.15, 0.2) is 29.0 Å². The number of carbonyl (C=O) groups excluding carboxylic acids is 2. The molecule has 0 radical (unpaired) electrons. The van der Waals surface area contributed by atoms with E-state index in [0.717, 1.165) is 5.56 Å². The normalized spacial score (nSPS) is 14.8. The van der Waals surface area contributed by atoms with Crippen LogP contribution in [0.5, 0.6) is 0 Å². The second-order valence-electron chi connectivity index (χ2n) is 7.60. The van der Waals surface area contributed by atoms with Gasteiger partial charge in [-0.3, -0.25) is 9.78 Å². The highest BCUT2D eigenvalue weighted by atomic mass is 16.6. The van der Waals surface area contributed by atoms with E-state index in [1.54, 1.807) is 34.3 Å². The third kappa shape index (κ3) is 5.28. The Hall–Kier alpha value is -2.97. The minimum absolute atomic E-state index is 0.00694. The maximum atomic E-state index is 12.4. The highest BCUT2D eigenvalue weighted by Gasteiger charge is 2.27. The Kier molecular flexibility index (Phi) is 5.91. The van der Waals surface area contributed by atoms with Crippen molar-refractivity contribution in [1.82, 2.24) is 24.9 Å². The lowest BCUT2D eigenvalue weighted by molar-refractivity contribution is -0.133. The molecule has 1 saturated heterocycles. The van der Waals surface area contributed by atoms with Crippen molar-refractivity contribution < 1.29 is 18.8 Å². The van der Waals surface area contributed by atoms with Gasteiger partial charge in [0.1, 0.15) is 5.60 Å². The molecule has 3 rings (SSSR count). The Bertz CT molecular complexity index is 807. The summed E-state index contributed by atoms with van der Waals surface area (Å²) in [7, 11) is 0. The van der Waals surface area contributed by atoms with Crippen LogP contribution in [0.25, 0.3) is 11.4 Å². The van der Waals surface area contributed by atoms with Crippen LogP contribution in [0.3, 0.4) is 0 Å². The van der Waals surface area contributed by atoms with Gasteiger partial charge in [-0.05, 0) is 32.9 Å². The predicted molar refractivity (Wildman–Crippen MR) is 100 cm³/mol. The molecular weight excluding hydrogens is 362 g/mol. The maximum Gasteiger partial charge on any atom is 0.410 e. The zero-order valence-electron chi connectivity index (χ0n) is 16.4. The predicted octanol–water partition coefficient (Wildman–Crippen LogP) is 2.14. The first-order chi connectivity index (χ1) is 13.3. The first kappa shape index (κ1) is 19.8. The highest BCUT2D eigenvalue weighted by Crippen LogP contribution is 2.16. The lowest BCUT2D eigenvalue weighted by Crippen LogP contribution is -2.51. The molecule has 1 aliphatic heterocycles.